The van der Waals surface area contributed by atoms with Gasteiger partial charge in [-0.15, -0.1) is 10.2 Å². The molecule has 2 unspecified atom stereocenters. The molecule has 0 amide bonds. The van der Waals surface area contributed by atoms with Crippen molar-refractivity contribution < 1.29 is 13.2 Å². The van der Waals surface area contributed by atoms with E-state index in [1.165, 1.54) is 11.8 Å². The van der Waals surface area contributed by atoms with Crippen LogP contribution in [0.5, 0.6) is 0 Å². The molecule has 2 saturated carbocycles. The molecule has 2 fully saturated rings. The zero-order valence-corrected chi connectivity index (χ0v) is 23.6. The topological polar surface area (TPSA) is 94.0 Å². The number of nitrogens with one attached hydrogen (secondary N) is 1. The van der Waals surface area contributed by atoms with E-state index in [4.69, 9.17) is 11.6 Å². The molecule has 2 bridgehead atoms. The quantitative estimate of drug-likeness (QED) is 0.356. The Morgan fingerprint density at radius 1 is 1.16 bits per heavy atom. The van der Waals surface area contributed by atoms with Gasteiger partial charge < -0.3 is 0 Å². The lowest BCUT2D eigenvalue weighted by Crippen LogP contribution is -2.45. The smallest absolute Gasteiger partial charge is 0.213 e. The Balaban J connectivity index is 1.41. The van der Waals surface area contributed by atoms with Gasteiger partial charge in [-0.2, -0.15) is 0 Å². The van der Waals surface area contributed by atoms with Crippen molar-refractivity contribution in [3.8, 4) is 5.69 Å². The summed E-state index contributed by atoms with van der Waals surface area (Å²) in [6.45, 7) is 6.01. The van der Waals surface area contributed by atoms with Crippen LogP contribution in [0, 0.1) is 23.7 Å². The van der Waals surface area contributed by atoms with Crippen LogP contribution in [-0.4, -0.2) is 34.7 Å². The third kappa shape index (κ3) is 4.87. The molecule has 2 atom stereocenters. The molecule has 2 aromatic carbocycles. The maximum Gasteiger partial charge on any atom is 0.213 e. The average Bonchev–Trinajstić information content (AvgIpc) is 3.42. The number of ketones is 1. The molecule has 3 aromatic rings. The van der Waals surface area contributed by atoms with Gasteiger partial charge in [-0.25, -0.2) is 13.1 Å². The van der Waals surface area contributed by atoms with Gasteiger partial charge in [0.1, 0.15) is 5.78 Å². The monoisotopic (exact) mass is 558 g/mol. The fourth-order valence-electron chi connectivity index (χ4n) is 5.95. The summed E-state index contributed by atoms with van der Waals surface area (Å²) in [6, 6.07) is 15.6. The Kier molecular flexibility index (Phi) is 7.02. The fraction of sp³-hybridized carbons (Fsp3) is 0.444. The minimum atomic E-state index is -3.76. The summed E-state index contributed by atoms with van der Waals surface area (Å²) in [5.74, 6) is 1.29. The summed E-state index contributed by atoms with van der Waals surface area (Å²) in [5, 5.41) is 9.97. The third-order valence-electron chi connectivity index (χ3n) is 8.35. The Morgan fingerprint density at radius 2 is 1.92 bits per heavy atom. The van der Waals surface area contributed by atoms with E-state index in [0.29, 0.717) is 34.6 Å². The molecule has 5 rings (SSSR count). The number of thioether (sulfide) groups is 1. The maximum absolute atomic E-state index is 13.3. The highest BCUT2D eigenvalue weighted by molar-refractivity contribution is 7.98. The first-order valence-electron chi connectivity index (χ1n) is 12.4. The number of aromatic nitrogens is 3. The predicted molar refractivity (Wildman–Crippen MR) is 146 cm³/mol. The number of nitrogens with zero attached hydrogens (tertiary/aromatic N) is 3. The number of carbonyl (C=O) groups is 1. The van der Waals surface area contributed by atoms with Crippen LogP contribution in [0.1, 0.15) is 50.1 Å². The molecule has 1 N–H and O–H groups in total. The van der Waals surface area contributed by atoms with Crippen LogP contribution in [0.4, 0.5) is 0 Å². The van der Waals surface area contributed by atoms with E-state index in [2.05, 4.69) is 14.9 Å². The number of benzene rings is 2. The van der Waals surface area contributed by atoms with Crippen molar-refractivity contribution in [1.82, 2.24) is 19.5 Å². The van der Waals surface area contributed by atoms with Gasteiger partial charge in [0.2, 0.25) is 10.0 Å². The van der Waals surface area contributed by atoms with Crippen LogP contribution >= 0.6 is 23.4 Å². The molecule has 0 spiro atoms. The summed E-state index contributed by atoms with van der Waals surface area (Å²) >= 11 is 7.85. The minimum Gasteiger partial charge on any atom is -0.299 e. The van der Waals surface area contributed by atoms with Crippen molar-refractivity contribution in [3.63, 3.8) is 0 Å². The van der Waals surface area contributed by atoms with Gasteiger partial charge in [0, 0.05) is 22.6 Å². The van der Waals surface area contributed by atoms with Gasteiger partial charge in [-0.3, -0.25) is 9.36 Å². The molecule has 2 aliphatic carbocycles. The van der Waals surface area contributed by atoms with E-state index in [-0.39, 0.29) is 29.4 Å². The summed E-state index contributed by atoms with van der Waals surface area (Å²) in [6.07, 6.45) is 2.01. The lowest BCUT2D eigenvalue weighted by atomic mass is 9.70. The molecule has 1 heterocycles. The van der Waals surface area contributed by atoms with Crippen molar-refractivity contribution >= 4 is 39.2 Å². The molecule has 196 valence electrons. The molecule has 37 heavy (non-hydrogen) atoms. The molecule has 0 saturated heterocycles. The normalized spacial score (nSPS) is 22.6. The zero-order valence-electron chi connectivity index (χ0n) is 21.2. The van der Waals surface area contributed by atoms with Gasteiger partial charge in [0.05, 0.1) is 18.0 Å². The van der Waals surface area contributed by atoms with E-state index in [1.807, 2.05) is 73.9 Å². The largest absolute Gasteiger partial charge is 0.299 e. The molecule has 10 heteroatoms. The highest BCUT2D eigenvalue weighted by Gasteiger charge is 2.65. The first-order chi connectivity index (χ1) is 17.5. The second kappa shape index (κ2) is 9.84. The molecular formula is C27H31ClN4O3S2. The summed E-state index contributed by atoms with van der Waals surface area (Å²) < 4.78 is 31.2. The fourth-order valence-corrected chi connectivity index (χ4v) is 8.82. The number of hydrogen-bond acceptors (Lipinski definition) is 6. The van der Waals surface area contributed by atoms with Crippen LogP contribution in [0.2, 0.25) is 5.02 Å². The number of fused-ring (bicyclic) bond motifs is 2. The average molecular weight is 559 g/mol. The highest BCUT2D eigenvalue weighted by Crippen LogP contribution is 2.64. The molecule has 0 radical (unpaired) electrons. The van der Waals surface area contributed by atoms with Crippen molar-refractivity contribution in [2.45, 2.75) is 57.5 Å². The molecular weight excluding hydrogens is 528 g/mol. The second-order valence-electron chi connectivity index (χ2n) is 10.7. The summed E-state index contributed by atoms with van der Waals surface area (Å²) in [4.78, 5) is 12.9. The Hall–Kier alpha value is -2.20. The Morgan fingerprint density at radius 3 is 2.59 bits per heavy atom. The third-order valence-corrected chi connectivity index (χ3v) is 11.0. The van der Waals surface area contributed by atoms with E-state index >= 15 is 0 Å². The van der Waals surface area contributed by atoms with E-state index < -0.39 is 15.4 Å². The molecule has 2 aliphatic rings. The predicted octanol–water partition coefficient (Wildman–Crippen LogP) is 5.34. The van der Waals surface area contributed by atoms with Gasteiger partial charge in [0.15, 0.2) is 11.0 Å². The van der Waals surface area contributed by atoms with Crippen LogP contribution in [0.25, 0.3) is 5.69 Å². The van der Waals surface area contributed by atoms with Crippen molar-refractivity contribution in [2.24, 2.45) is 16.7 Å². The standard InChI is InChI=1S/C27H31ClN4O3S2/c1-18-9-10-21(28)14-22(18)32-24(30-31-25(32)36-16-19-7-5-4-6-8-19)15-29-37(34,35)17-27-12-11-20(13-23(27)33)26(27,2)3/h4-10,14,20,29H,11-13,15-17H2,1-3H3. The van der Waals surface area contributed by atoms with E-state index in [0.717, 1.165) is 23.2 Å². The highest BCUT2D eigenvalue weighted by atomic mass is 35.5. The van der Waals surface area contributed by atoms with Gasteiger partial charge in [-0.05, 0) is 54.4 Å². The number of hydrogen-bond donors (Lipinski definition) is 1. The van der Waals surface area contributed by atoms with Crippen LogP contribution in [-0.2, 0) is 27.1 Å². The number of rotatable bonds is 9. The van der Waals surface area contributed by atoms with Gasteiger partial charge in [-0.1, -0.05) is 73.6 Å². The molecule has 0 aliphatic heterocycles. The van der Waals surface area contributed by atoms with Crippen molar-refractivity contribution in [3.05, 3.63) is 70.5 Å². The van der Waals surface area contributed by atoms with Crippen LogP contribution in [0.15, 0.2) is 53.7 Å². The minimum absolute atomic E-state index is 0.0404. The molecule has 7 nitrogen and oxygen atoms in total. The number of Topliss-reactive ketones (excluding diaryl/α,β-unsaturated/α-hetero) is 1. The second-order valence-corrected chi connectivity index (χ2v) is 13.9. The number of halogens is 1. The van der Waals surface area contributed by atoms with Crippen LogP contribution in [0.3, 0.4) is 0 Å². The van der Waals surface area contributed by atoms with E-state index in [1.54, 1.807) is 0 Å². The van der Waals surface area contributed by atoms with Gasteiger partial charge >= 0.3 is 0 Å². The number of aryl methyl sites for hydroxylation is 1. The first kappa shape index (κ1) is 26.4. The lowest BCUT2D eigenvalue weighted by Gasteiger charge is -2.36. The molecule has 1 aromatic heterocycles. The maximum atomic E-state index is 13.3. The summed E-state index contributed by atoms with van der Waals surface area (Å²) in [7, 11) is -3.76. The SMILES string of the molecule is Cc1ccc(Cl)cc1-n1c(CNS(=O)(=O)CC23CCC(CC2=O)C3(C)C)nnc1SCc1ccccc1. The zero-order chi connectivity index (χ0) is 26.4. The summed E-state index contributed by atoms with van der Waals surface area (Å²) in [5.41, 5.74) is 1.76. The Labute approximate surface area is 227 Å². The van der Waals surface area contributed by atoms with Crippen LogP contribution < -0.4 is 4.72 Å². The number of sulfonamides is 1. The lowest BCUT2D eigenvalue weighted by molar-refractivity contribution is -0.128. The van der Waals surface area contributed by atoms with Gasteiger partial charge in [0.25, 0.3) is 0 Å². The van der Waals surface area contributed by atoms with E-state index in [9.17, 15) is 13.2 Å². The first-order valence-corrected chi connectivity index (χ1v) is 15.4. The van der Waals surface area contributed by atoms with Crippen molar-refractivity contribution in [2.75, 3.05) is 5.75 Å². The number of carbonyl (C=O) groups excluding carboxylic acids is 1. The Bertz CT molecular complexity index is 1440. The van der Waals surface area contributed by atoms with Crippen molar-refractivity contribution in [1.29, 1.82) is 0 Å².